The molecule has 92 valence electrons. The predicted molar refractivity (Wildman–Crippen MR) is 74.7 cm³/mol. The van der Waals surface area contributed by atoms with E-state index in [0.717, 1.165) is 14.9 Å². The van der Waals surface area contributed by atoms with Crippen molar-refractivity contribution in [2.75, 3.05) is 7.11 Å². The van der Waals surface area contributed by atoms with Crippen LogP contribution < -0.4 is 0 Å². The summed E-state index contributed by atoms with van der Waals surface area (Å²) < 4.78 is 6.63. The van der Waals surface area contributed by atoms with E-state index in [1.54, 1.807) is 5.38 Å². The van der Waals surface area contributed by atoms with E-state index in [1.165, 1.54) is 18.4 Å². The van der Waals surface area contributed by atoms with Crippen LogP contribution in [0.5, 0.6) is 0 Å². The van der Waals surface area contributed by atoms with Crippen LogP contribution in [0.25, 0.3) is 10.2 Å². The number of aryl methyl sites for hydroxylation is 1. The lowest BCUT2D eigenvalue weighted by Crippen LogP contribution is -2.00. The number of fused-ring (bicyclic) bond motifs is 1. The van der Waals surface area contributed by atoms with Gasteiger partial charge in [0.05, 0.1) is 22.9 Å². The number of ether oxygens (including phenoxy) is 1. The molecule has 0 atom stereocenters. The molecule has 0 fully saturated rings. The first-order valence-electron chi connectivity index (χ1n) is 5.26. The molecule has 0 saturated carbocycles. The SMILES string of the molecule is CC.COC(=O)c1csc2c(Br)cc(C)nc12. The van der Waals surface area contributed by atoms with Gasteiger partial charge in [0.2, 0.25) is 0 Å². The highest BCUT2D eigenvalue weighted by atomic mass is 79.9. The molecule has 3 nitrogen and oxygen atoms in total. The van der Waals surface area contributed by atoms with Crippen LogP contribution in [0, 0.1) is 6.92 Å². The van der Waals surface area contributed by atoms with Gasteiger partial charge in [-0.2, -0.15) is 0 Å². The Bertz CT molecular complexity index is 537. The van der Waals surface area contributed by atoms with Gasteiger partial charge in [0, 0.05) is 15.5 Å². The molecule has 0 radical (unpaired) electrons. The lowest BCUT2D eigenvalue weighted by molar-refractivity contribution is 0.0603. The molecular formula is C12H14BrNO2S. The molecule has 0 unspecified atom stereocenters. The second-order valence-electron chi connectivity index (χ2n) is 3.06. The summed E-state index contributed by atoms with van der Waals surface area (Å²) in [5.41, 5.74) is 2.11. The number of methoxy groups -OCH3 is 1. The summed E-state index contributed by atoms with van der Waals surface area (Å²) in [7, 11) is 1.37. The third-order valence-electron chi connectivity index (χ3n) is 2.01. The second-order valence-corrected chi connectivity index (χ2v) is 4.80. The van der Waals surface area contributed by atoms with Crippen LogP contribution in [0.3, 0.4) is 0 Å². The minimum absolute atomic E-state index is 0.341. The molecule has 0 aliphatic heterocycles. The number of pyridine rings is 1. The summed E-state index contributed by atoms with van der Waals surface area (Å²) in [6.07, 6.45) is 0. The highest BCUT2D eigenvalue weighted by molar-refractivity contribution is 9.10. The van der Waals surface area contributed by atoms with E-state index in [2.05, 4.69) is 20.9 Å². The van der Waals surface area contributed by atoms with Gasteiger partial charge in [-0.25, -0.2) is 4.79 Å². The average molecular weight is 316 g/mol. The van der Waals surface area contributed by atoms with Gasteiger partial charge in [-0.05, 0) is 28.9 Å². The van der Waals surface area contributed by atoms with Crippen molar-refractivity contribution < 1.29 is 9.53 Å². The van der Waals surface area contributed by atoms with Crippen LogP contribution in [0.1, 0.15) is 29.9 Å². The van der Waals surface area contributed by atoms with E-state index >= 15 is 0 Å². The van der Waals surface area contributed by atoms with Crippen LogP contribution in [-0.4, -0.2) is 18.1 Å². The van der Waals surface area contributed by atoms with Crippen LogP contribution in [0.2, 0.25) is 0 Å². The van der Waals surface area contributed by atoms with E-state index in [9.17, 15) is 4.79 Å². The molecule has 0 N–H and O–H groups in total. The molecule has 0 aliphatic rings. The zero-order valence-electron chi connectivity index (χ0n) is 10.2. The molecule has 2 rings (SSSR count). The average Bonchev–Trinajstić information content (AvgIpc) is 2.74. The minimum Gasteiger partial charge on any atom is -0.465 e. The lowest BCUT2D eigenvalue weighted by atomic mass is 10.2. The van der Waals surface area contributed by atoms with Crippen LogP contribution in [0.15, 0.2) is 15.9 Å². The number of carbonyl (C=O) groups is 1. The fourth-order valence-electron chi connectivity index (χ4n) is 1.34. The van der Waals surface area contributed by atoms with Crippen molar-refractivity contribution in [3.05, 3.63) is 27.2 Å². The molecule has 5 heteroatoms. The zero-order valence-corrected chi connectivity index (χ0v) is 12.6. The first-order valence-corrected chi connectivity index (χ1v) is 6.93. The molecular weight excluding hydrogens is 302 g/mol. The van der Waals surface area contributed by atoms with Crippen molar-refractivity contribution in [3.8, 4) is 0 Å². The van der Waals surface area contributed by atoms with Gasteiger partial charge in [0.25, 0.3) is 0 Å². The summed E-state index contributed by atoms with van der Waals surface area (Å²) >= 11 is 4.93. The van der Waals surface area contributed by atoms with Crippen LogP contribution in [0.4, 0.5) is 0 Å². The molecule has 0 bridgehead atoms. The molecule has 17 heavy (non-hydrogen) atoms. The number of rotatable bonds is 1. The highest BCUT2D eigenvalue weighted by Crippen LogP contribution is 2.31. The van der Waals surface area contributed by atoms with E-state index in [-0.39, 0.29) is 5.97 Å². The smallest absolute Gasteiger partial charge is 0.340 e. The third kappa shape index (κ3) is 2.84. The Kier molecular flexibility index (Phi) is 5.08. The first kappa shape index (κ1) is 14.1. The normalized spacial score (nSPS) is 9.71. The van der Waals surface area contributed by atoms with Crippen LogP contribution >= 0.6 is 27.3 Å². The molecule has 2 aromatic rings. The van der Waals surface area contributed by atoms with E-state index in [4.69, 9.17) is 4.74 Å². The Balaban J connectivity index is 0.000000686. The maximum Gasteiger partial charge on any atom is 0.340 e. The molecule has 0 saturated heterocycles. The second kappa shape index (κ2) is 6.12. The number of carbonyl (C=O) groups excluding carboxylic acids is 1. The summed E-state index contributed by atoms with van der Waals surface area (Å²) in [5, 5.41) is 1.77. The largest absolute Gasteiger partial charge is 0.465 e. The van der Waals surface area contributed by atoms with Crippen LogP contribution in [-0.2, 0) is 4.74 Å². The number of nitrogens with zero attached hydrogens (tertiary/aromatic N) is 1. The van der Waals surface area contributed by atoms with Crippen molar-refractivity contribution in [1.29, 1.82) is 0 Å². The summed E-state index contributed by atoms with van der Waals surface area (Å²) in [4.78, 5) is 15.8. The summed E-state index contributed by atoms with van der Waals surface area (Å²) in [6, 6.07) is 1.93. The first-order chi connectivity index (χ1) is 8.13. The van der Waals surface area contributed by atoms with Crippen molar-refractivity contribution >= 4 is 43.5 Å². The third-order valence-corrected chi connectivity index (χ3v) is 3.90. The van der Waals surface area contributed by atoms with Crippen molar-refractivity contribution in [2.24, 2.45) is 0 Å². The Hall–Kier alpha value is -0.940. The maximum absolute atomic E-state index is 11.4. The molecule has 0 amide bonds. The number of esters is 1. The number of hydrogen-bond acceptors (Lipinski definition) is 4. The quantitative estimate of drug-likeness (QED) is 0.741. The van der Waals surface area contributed by atoms with Crippen molar-refractivity contribution in [1.82, 2.24) is 4.98 Å². The van der Waals surface area contributed by atoms with Gasteiger partial charge in [0.15, 0.2) is 0 Å². The molecule has 2 heterocycles. The van der Waals surface area contributed by atoms with Gasteiger partial charge in [0.1, 0.15) is 0 Å². The Morgan fingerprint density at radius 3 is 2.71 bits per heavy atom. The Labute approximate surface area is 113 Å². The van der Waals surface area contributed by atoms with Crippen molar-refractivity contribution in [2.45, 2.75) is 20.8 Å². The lowest BCUT2D eigenvalue weighted by Gasteiger charge is -1.99. The minimum atomic E-state index is -0.341. The van der Waals surface area contributed by atoms with Crippen molar-refractivity contribution in [3.63, 3.8) is 0 Å². The zero-order chi connectivity index (χ0) is 13.0. The Morgan fingerprint density at radius 2 is 2.12 bits per heavy atom. The molecule has 0 spiro atoms. The standard InChI is InChI=1S/C10H8BrNO2S.C2H6/c1-5-3-7(11)9-8(12-5)6(4-15-9)10(13)14-2;1-2/h3-4H,1-2H3;1-2H3. The molecule has 0 aliphatic carbocycles. The number of thiophene rings is 1. The van der Waals surface area contributed by atoms with E-state index in [0.29, 0.717) is 11.1 Å². The summed E-state index contributed by atoms with van der Waals surface area (Å²) in [6.45, 7) is 5.89. The van der Waals surface area contributed by atoms with Gasteiger partial charge < -0.3 is 4.74 Å². The number of halogens is 1. The van der Waals surface area contributed by atoms with Gasteiger partial charge in [-0.1, -0.05) is 13.8 Å². The van der Waals surface area contributed by atoms with Gasteiger partial charge in [-0.3, -0.25) is 4.98 Å². The fraction of sp³-hybridized carbons (Fsp3) is 0.333. The highest BCUT2D eigenvalue weighted by Gasteiger charge is 2.15. The Morgan fingerprint density at radius 1 is 1.47 bits per heavy atom. The predicted octanol–water partition coefficient (Wildman–Crippen LogP) is 4.18. The summed E-state index contributed by atoms with van der Waals surface area (Å²) in [5.74, 6) is -0.341. The van der Waals surface area contributed by atoms with Gasteiger partial charge >= 0.3 is 5.97 Å². The topological polar surface area (TPSA) is 39.2 Å². The maximum atomic E-state index is 11.4. The molecule has 2 aromatic heterocycles. The number of hydrogen-bond donors (Lipinski definition) is 0. The van der Waals surface area contributed by atoms with Gasteiger partial charge in [-0.15, -0.1) is 11.3 Å². The molecule has 0 aromatic carbocycles. The van der Waals surface area contributed by atoms with E-state index < -0.39 is 0 Å². The number of aromatic nitrogens is 1. The monoisotopic (exact) mass is 315 g/mol. The van der Waals surface area contributed by atoms with E-state index in [1.807, 2.05) is 26.8 Å². The fourth-order valence-corrected chi connectivity index (χ4v) is 3.03.